The molecule has 1 aliphatic carbocycles. The van der Waals surface area contributed by atoms with Crippen molar-refractivity contribution in [2.24, 2.45) is 0 Å². The van der Waals surface area contributed by atoms with Gasteiger partial charge in [-0.05, 0) is 19.1 Å². The molecule has 0 aromatic heterocycles. The van der Waals surface area contributed by atoms with Gasteiger partial charge in [-0.1, -0.05) is 6.42 Å². The first-order valence-corrected chi connectivity index (χ1v) is 7.70. The maximum absolute atomic E-state index is 12.0. The molecule has 0 aromatic rings. The van der Waals surface area contributed by atoms with Crippen LogP contribution in [0.5, 0.6) is 0 Å². The highest BCUT2D eigenvalue weighted by molar-refractivity contribution is 8.00. The molecule has 108 valence electrons. The van der Waals surface area contributed by atoms with Crippen LogP contribution in [0.15, 0.2) is 0 Å². The van der Waals surface area contributed by atoms with E-state index in [2.05, 4.69) is 5.32 Å². The van der Waals surface area contributed by atoms with Crippen molar-refractivity contribution >= 4 is 23.8 Å². The minimum Gasteiger partial charge on any atom is -0.480 e. The van der Waals surface area contributed by atoms with Crippen LogP contribution in [-0.4, -0.2) is 63.4 Å². The molecule has 2 amide bonds. The van der Waals surface area contributed by atoms with Crippen LogP contribution >= 0.6 is 11.8 Å². The van der Waals surface area contributed by atoms with Crippen LogP contribution in [0.4, 0.5) is 4.79 Å². The van der Waals surface area contributed by atoms with Gasteiger partial charge in [0.25, 0.3) is 0 Å². The number of aliphatic carboxylic acids is 1. The second-order valence-electron chi connectivity index (χ2n) is 5.30. The van der Waals surface area contributed by atoms with Gasteiger partial charge in [0.05, 0.1) is 6.10 Å². The Balaban J connectivity index is 1.90. The lowest BCUT2D eigenvalue weighted by molar-refractivity contribution is -0.141. The first-order valence-electron chi connectivity index (χ1n) is 6.48. The Morgan fingerprint density at radius 1 is 1.47 bits per heavy atom. The van der Waals surface area contributed by atoms with Crippen LogP contribution in [0.25, 0.3) is 0 Å². The number of carbonyl (C=O) groups excluding carboxylic acids is 1. The minimum absolute atomic E-state index is 0.0923. The summed E-state index contributed by atoms with van der Waals surface area (Å²) in [5, 5.41) is 21.4. The Morgan fingerprint density at radius 3 is 2.63 bits per heavy atom. The quantitative estimate of drug-likeness (QED) is 0.701. The first-order chi connectivity index (χ1) is 8.97. The van der Waals surface area contributed by atoms with E-state index < -0.39 is 18.1 Å². The Bertz CT molecular complexity index is 367. The third-order valence-corrected chi connectivity index (χ3v) is 5.50. The molecule has 1 saturated carbocycles. The van der Waals surface area contributed by atoms with Crippen molar-refractivity contribution in [2.45, 2.75) is 42.6 Å². The second-order valence-corrected chi connectivity index (χ2v) is 6.57. The molecule has 0 bridgehead atoms. The summed E-state index contributed by atoms with van der Waals surface area (Å²) >= 11 is 1.75. The van der Waals surface area contributed by atoms with E-state index in [1.165, 1.54) is 11.3 Å². The number of β-amino-alcohol motifs (C(OH)–C–C–N with tert-alkyl or cyclic N) is 1. The fourth-order valence-corrected chi connectivity index (χ4v) is 3.55. The van der Waals surface area contributed by atoms with Gasteiger partial charge < -0.3 is 20.4 Å². The summed E-state index contributed by atoms with van der Waals surface area (Å²) in [4.78, 5) is 24.3. The zero-order valence-corrected chi connectivity index (χ0v) is 11.8. The van der Waals surface area contributed by atoms with Gasteiger partial charge in [-0.3, -0.25) is 0 Å². The smallest absolute Gasteiger partial charge is 0.326 e. The number of amides is 2. The normalized spacial score (nSPS) is 28.8. The number of hydrogen-bond donors (Lipinski definition) is 3. The fraction of sp³-hybridized carbons (Fsp3) is 0.833. The highest BCUT2D eigenvalue weighted by Crippen LogP contribution is 2.42. The summed E-state index contributed by atoms with van der Waals surface area (Å²) in [6.07, 6.45) is 4.74. The molecule has 19 heavy (non-hydrogen) atoms. The maximum Gasteiger partial charge on any atom is 0.326 e. The first kappa shape index (κ1) is 14.5. The lowest BCUT2D eigenvalue weighted by Gasteiger charge is -2.40. The molecule has 0 aromatic carbocycles. The number of nitrogens with zero attached hydrogens (tertiary/aromatic N) is 1. The number of carboxylic acid groups (broad SMARTS) is 1. The highest BCUT2D eigenvalue weighted by Gasteiger charge is 2.41. The monoisotopic (exact) mass is 288 g/mol. The predicted molar refractivity (Wildman–Crippen MR) is 72.2 cm³/mol. The summed E-state index contributed by atoms with van der Waals surface area (Å²) in [6, 6.07) is -1.30. The number of urea groups is 1. The number of carbonyl (C=O) groups is 2. The van der Waals surface area contributed by atoms with Gasteiger partial charge in [0.2, 0.25) is 0 Å². The predicted octanol–water partition coefficient (Wildman–Crippen LogP) is 0.501. The van der Waals surface area contributed by atoms with Crippen molar-refractivity contribution in [3.8, 4) is 0 Å². The van der Waals surface area contributed by atoms with Gasteiger partial charge in [0.1, 0.15) is 6.04 Å². The van der Waals surface area contributed by atoms with Crippen molar-refractivity contribution in [3.05, 3.63) is 0 Å². The van der Waals surface area contributed by atoms with E-state index >= 15 is 0 Å². The van der Waals surface area contributed by atoms with Crippen LogP contribution in [0.1, 0.15) is 25.7 Å². The average molecular weight is 288 g/mol. The molecule has 7 heteroatoms. The SMILES string of the molecule is CSC1(CNC(=O)N2C[C@H](O)C[C@@H]2C(=O)O)CCC1. The van der Waals surface area contributed by atoms with Gasteiger partial charge in [-0.2, -0.15) is 11.8 Å². The van der Waals surface area contributed by atoms with Crippen LogP contribution in [0.2, 0.25) is 0 Å². The second kappa shape index (κ2) is 5.58. The van der Waals surface area contributed by atoms with Crippen molar-refractivity contribution in [3.63, 3.8) is 0 Å². The summed E-state index contributed by atoms with van der Waals surface area (Å²) in [5.74, 6) is -1.06. The zero-order valence-electron chi connectivity index (χ0n) is 11.0. The molecule has 1 heterocycles. The van der Waals surface area contributed by atoms with Gasteiger partial charge in [-0.25, -0.2) is 9.59 Å². The molecular weight excluding hydrogens is 268 g/mol. The molecule has 0 spiro atoms. The number of aliphatic hydroxyl groups excluding tert-OH is 1. The Morgan fingerprint density at radius 2 is 2.16 bits per heavy atom. The van der Waals surface area contributed by atoms with Crippen LogP contribution in [-0.2, 0) is 4.79 Å². The summed E-state index contributed by atoms with van der Waals surface area (Å²) in [7, 11) is 0. The van der Waals surface area contributed by atoms with Crippen LogP contribution in [0, 0.1) is 0 Å². The molecule has 6 nitrogen and oxygen atoms in total. The molecule has 0 radical (unpaired) electrons. The molecule has 2 rings (SSSR count). The number of carboxylic acids is 1. The topological polar surface area (TPSA) is 89.9 Å². The van der Waals surface area contributed by atoms with E-state index in [0.29, 0.717) is 6.54 Å². The molecule has 2 fully saturated rings. The Labute approximate surface area is 116 Å². The van der Waals surface area contributed by atoms with Crippen molar-refractivity contribution in [1.82, 2.24) is 10.2 Å². The largest absolute Gasteiger partial charge is 0.480 e. The molecule has 1 aliphatic heterocycles. The van der Waals surface area contributed by atoms with Crippen molar-refractivity contribution in [2.75, 3.05) is 19.3 Å². The molecule has 2 aliphatic rings. The lowest BCUT2D eigenvalue weighted by Crippen LogP contribution is -2.51. The van der Waals surface area contributed by atoms with Crippen LogP contribution in [0.3, 0.4) is 0 Å². The van der Waals surface area contributed by atoms with Gasteiger partial charge in [0.15, 0.2) is 0 Å². The number of rotatable bonds is 4. The number of thioether (sulfide) groups is 1. The van der Waals surface area contributed by atoms with Crippen molar-refractivity contribution in [1.29, 1.82) is 0 Å². The highest BCUT2D eigenvalue weighted by atomic mass is 32.2. The summed E-state index contributed by atoms with van der Waals surface area (Å²) < 4.78 is 0.118. The van der Waals surface area contributed by atoms with E-state index in [1.54, 1.807) is 11.8 Å². The number of nitrogens with one attached hydrogen (secondary N) is 1. The van der Waals surface area contributed by atoms with E-state index in [0.717, 1.165) is 12.8 Å². The molecular formula is C12H20N2O4S. The Hall–Kier alpha value is -0.950. The fourth-order valence-electron chi connectivity index (χ4n) is 2.63. The molecule has 0 unspecified atom stereocenters. The minimum atomic E-state index is -1.06. The third kappa shape index (κ3) is 2.97. The van der Waals surface area contributed by atoms with Crippen LogP contribution < -0.4 is 5.32 Å². The van der Waals surface area contributed by atoms with Gasteiger partial charge >= 0.3 is 12.0 Å². The summed E-state index contributed by atoms with van der Waals surface area (Å²) in [5.41, 5.74) is 0. The van der Waals surface area contributed by atoms with E-state index in [-0.39, 0.29) is 23.7 Å². The summed E-state index contributed by atoms with van der Waals surface area (Å²) in [6.45, 7) is 0.654. The van der Waals surface area contributed by atoms with Gasteiger partial charge in [-0.15, -0.1) is 0 Å². The van der Waals surface area contributed by atoms with E-state index in [9.17, 15) is 14.7 Å². The molecule has 1 saturated heterocycles. The molecule has 3 N–H and O–H groups in total. The zero-order chi connectivity index (χ0) is 14.0. The third-order valence-electron chi connectivity index (χ3n) is 4.08. The standard InChI is InChI=1S/C12H20N2O4S/c1-19-12(3-2-4-12)7-13-11(18)14-6-8(15)5-9(14)10(16)17/h8-9,15H,2-7H2,1H3,(H,13,18)(H,16,17)/t8-,9-/m1/s1. The number of likely N-dealkylation sites (tertiary alicyclic amines) is 1. The lowest BCUT2D eigenvalue weighted by atomic mass is 9.84. The van der Waals surface area contributed by atoms with Gasteiger partial charge in [0, 0.05) is 24.3 Å². The maximum atomic E-state index is 12.0. The van der Waals surface area contributed by atoms with E-state index in [4.69, 9.17) is 5.11 Å². The number of hydrogen-bond acceptors (Lipinski definition) is 4. The Kier molecular flexibility index (Phi) is 4.25. The average Bonchev–Trinajstić information content (AvgIpc) is 2.70. The number of aliphatic hydroxyl groups is 1. The van der Waals surface area contributed by atoms with E-state index in [1.807, 2.05) is 6.26 Å². The molecule has 2 atom stereocenters. The van der Waals surface area contributed by atoms with Crippen molar-refractivity contribution < 1.29 is 19.8 Å².